The zero-order valence-electron chi connectivity index (χ0n) is 13.6. The molecule has 132 valence electrons. The number of carbonyl (C=O) groups excluding carboxylic acids is 1. The Morgan fingerprint density at radius 3 is 2.44 bits per heavy atom. The predicted octanol–water partition coefficient (Wildman–Crippen LogP) is 4.38. The van der Waals surface area contributed by atoms with Gasteiger partial charge in [-0.3, -0.25) is 0 Å². The van der Waals surface area contributed by atoms with E-state index in [4.69, 9.17) is 21.2 Å². The Balaban J connectivity index is 1.65. The summed E-state index contributed by atoms with van der Waals surface area (Å²) in [4.78, 5) is 16.8. The monoisotopic (exact) mass is 363 g/mol. The van der Waals surface area contributed by atoms with Gasteiger partial charge in [-0.25, -0.2) is 9.18 Å². The first-order chi connectivity index (χ1) is 12.1. The first kappa shape index (κ1) is 18.9. The molecule has 0 amide bonds. The minimum absolute atomic E-state index is 0.0260. The fourth-order valence-corrected chi connectivity index (χ4v) is 2.23. The van der Waals surface area contributed by atoms with Gasteiger partial charge in [-0.2, -0.15) is 0 Å². The summed E-state index contributed by atoms with van der Waals surface area (Å²) in [5.74, 6) is -0.485. The van der Waals surface area contributed by atoms with E-state index in [1.807, 2.05) is 30.3 Å². The number of hydrogen-bond donors (Lipinski definition) is 0. The molecule has 4 nitrogen and oxygen atoms in total. The molecule has 6 heteroatoms. The summed E-state index contributed by atoms with van der Waals surface area (Å²) in [6, 6.07) is 18.0. The van der Waals surface area contributed by atoms with Gasteiger partial charge in [0, 0.05) is 6.42 Å². The largest absolute Gasteiger partial charge is 0.461 e. The number of rotatable bonds is 9. The molecule has 0 N–H and O–H groups in total. The zero-order chi connectivity index (χ0) is 17.9. The lowest BCUT2D eigenvalue weighted by molar-refractivity contribution is 0.0498. The number of esters is 1. The minimum Gasteiger partial charge on any atom is -0.461 e. The van der Waals surface area contributed by atoms with E-state index >= 15 is 0 Å². The van der Waals surface area contributed by atoms with Crippen LogP contribution >= 0.6 is 11.6 Å². The van der Waals surface area contributed by atoms with Crippen LogP contribution in [-0.2, 0) is 16.2 Å². The standard InChI is InChI=1S/C19H19ClFNO3/c20-17(14-24-19(23)16-9-5-2-6-10-16)11-18(21)12-22-25-13-15-7-3-1-4-8-15/h1-10,12,17-18H,11,13-14H2/b22-12-/t17-,18+/m1/s1. The van der Waals surface area contributed by atoms with Gasteiger partial charge in [0.1, 0.15) is 19.4 Å². The summed E-state index contributed by atoms with van der Waals surface area (Å²) in [6.07, 6.45) is -0.354. The van der Waals surface area contributed by atoms with Gasteiger partial charge >= 0.3 is 5.97 Å². The van der Waals surface area contributed by atoms with Gasteiger partial charge in [0.15, 0.2) is 0 Å². The lowest BCUT2D eigenvalue weighted by Crippen LogP contribution is -2.19. The van der Waals surface area contributed by atoms with E-state index in [1.54, 1.807) is 30.3 Å². The topological polar surface area (TPSA) is 47.9 Å². The third-order valence-electron chi connectivity index (χ3n) is 3.26. The van der Waals surface area contributed by atoms with Gasteiger partial charge in [-0.1, -0.05) is 53.7 Å². The van der Waals surface area contributed by atoms with E-state index in [-0.39, 0.29) is 19.6 Å². The molecule has 0 aromatic heterocycles. The number of ether oxygens (including phenoxy) is 1. The molecule has 0 spiro atoms. The highest BCUT2D eigenvalue weighted by atomic mass is 35.5. The highest BCUT2D eigenvalue weighted by Gasteiger charge is 2.15. The van der Waals surface area contributed by atoms with Gasteiger partial charge in [-0.05, 0) is 17.7 Å². The van der Waals surface area contributed by atoms with E-state index in [9.17, 15) is 9.18 Å². The molecule has 2 rings (SSSR count). The van der Waals surface area contributed by atoms with Crippen LogP contribution in [0.3, 0.4) is 0 Å². The molecule has 0 unspecified atom stereocenters. The van der Waals surface area contributed by atoms with Gasteiger partial charge in [0.25, 0.3) is 0 Å². The number of nitrogens with zero attached hydrogens (tertiary/aromatic N) is 1. The van der Waals surface area contributed by atoms with Crippen molar-refractivity contribution in [2.75, 3.05) is 6.61 Å². The second-order valence-corrected chi connectivity index (χ2v) is 5.94. The van der Waals surface area contributed by atoms with Crippen molar-refractivity contribution in [2.24, 2.45) is 5.16 Å². The zero-order valence-corrected chi connectivity index (χ0v) is 14.3. The molecule has 25 heavy (non-hydrogen) atoms. The number of halogens is 2. The van der Waals surface area contributed by atoms with Crippen LogP contribution in [0, 0.1) is 0 Å². The number of hydrogen-bond acceptors (Lipinski definition) is 4. The SMILES string of the molecule is O=C(OC[C@H](Cl)C[C@H](F)/C=N\OCc1ccccc1)c1ccccc1. The number of oxime groups is 1. The predicted molar refractivity (Wildman–Crippen MR) is 95.6 cm³/mol. The molecule has 0 saturated heterocycles. The molecular weight excluding hydrogens is 345 g/mol. The van der Waals surface area contributed by atoms with Crippen molar-refractivity contribution in [1.29, 1.82) is 0 Å². The van der Waals surface area contributed by atoms with Crippen molar-refractivity contribution >= 4 is 23.8 Å². The van der Waals surface area contributed by atoms with Crippen LogP contribution in [0.15, 0.2) is 65.8 Å². The fraction of sp³-hybridized carbons (Fsp3) is 0.263. The van der Waals surface area contributed by atoms with Crippen molar-refractivity contribution in [3.05, 3.63) is 71.8 Å². The summed E-state index contributed by atoms with van der Waals surface area (Å²) in [5.41, 5.74) is 1.37. The van der Waals surface area contributed by atoms with Crippen molar-refractivity contribution in [2.45, 2.75) is 24.6 Å². The molecule has 0 heterocycles. The van der Waals surface area contributed by atoms with Crippen molar-refractivity contribution in [3.63, 3.8) is 0 Å². The van der Waals surface area contributed by atoms with Crippen LogP contribution < -0.4 is 0 Å². The van der Waals surface area contributed by atoms with Gasteiger partial charge in [0.2, 0.25) is 0 Å². The van der Waals surface area contributed by atoms with E-state index < -0.39 is 17.5 Å². The molecule has 0 aliphatic heterocycles. The van der Waals surface area contributed by atoms with Crippen LogP contribution in [0.25, 0.3) is 0 Å². The average Bonchev–Trinajstić information content (AvgIpc) is 2.65. The van der Waals surface area contributed by atoms with E-state index in [0.29, 0.717) is 5.56 Å². The molecule has 2 aromatic carbocycles. The Morgan fingerprint density at radius 1 is 1.12 bits per heavy atom. The van der Waals surface area contributed by atoms with Crippen LogP contribution in [0.4, 0.5) is 4.39 Å². The normalized spacial score (nSPS) is 13.4. The lowest BCUT2D eigenvalue weighted by atomic mass is 10.2. The first-order valence-electron chi connectivity index (χ1n) is 7.85. The van der Waals surface area contributed by atoms with Gasteiger partial charge < -0.3 is 9.57 Å². The van der Waals surface area contributed by atoms with E-state index in [0.717, 1.165) is 11.8 Å². The Bertz CT molecular complexity index is 667. The maximum atomic E-state index is 13.8. The number of alkyl halides is 2. The Labute approximate surface area is 151 Å². The van der Waals surface area contributed by atoms with Crippen LogP contribution in [0.5, 0.6) is 0 Å². The van der Waals surface area contributed by atoms with Crippen molar-refractivity contribution in [1.82, 2.24) is 0 Å². The van der Waals surface area contributed by atoms with Crippen LogP contribution in [0.2, 0.25) is 0 Å². The molecular formula is C19H19ClFNO3. The highest BCUT2D eigenvalue weighted by molar-refractivity contribution is 6.20. The van der Waals surface area contributed by atoms with Crippen molar-refractivity contribution < 1.29 is 18.8 Å². The summed E-state index contributed by atoms with van der Waals surface area (Å²) in [6.45, 7) is 0.192. The summed E-state index contributed by atoms with van der Waals surface area (Å²) >= 11 is 6.00. The summed E-state index contributed by atoms with van der Waals surface area (Å²) in [5, 5.41) is 2.95. The Kier molecular flexibility index (Phi) is 7.92. The molecule has 0 radical (unpaired) electrons. The second kappa shape index (κ2) is 10.5. The second-order valence-electron chi connectivity index (χ2n) is 5.33. The number of carbonyl (C=O) groups is 1. The van der Waals surface area contributed by atoms with Crippen LogP contribution in [0.1, 0.15) is 22.3 Å². The summed E-state index contributed by atoms with van der Waals surface area (Å²) in [7, 11) is 0. The van der Waals surface area contributed by atoms with Gasteiger partial charge in [0.05, 0.1) is 17.2 Å². The maximum absolute atomic E-state index is 13.8. The number of benzene rings is 2. The molecule has 2 aromatic rings. The molecule has 0 fully saturated rings. The van der Waals surface area contributed by atoms with Crippen LogP contribution in [-0.4, -0.2) is 30.3 Å². The Morgan fingerprint density at radius 2 is 1.76 bits per heavy atom. The fourth-order valence-electron chi connectivity index (χ4n) is 1.99. The van der Waals surface area contributed by atoms with Gasteiger partial charge in [-0.15, -0.1) is 11.6 Å². The minimum atomic E-state index is -1.38. The molecule has 0 bridgehead atoms. The first-order valence-corrected chi connectivity index (χ1v) is 8.28. The van der Waals surface area contributed by atoms with E-state index in [1.165, 1.54) is 0 Å². The summed E-state index contributed by atoms with van der Waals surface area (Å²) < 4.78 is 18.8. The molecule has 2 atom stereocenters. The maximum Gasteiger partial charge on any atom is 0.338 e. The molecule has 0 aliphatic rings. The van der Waals surface area contributed by atoms with E-state index in [2.05, 4.69) is 5.16 Å². The average molecular weight is 364 g/mol. The Hall–Kier alpha value is -2.40. The smallest absolute Gasteiger partial charge is 0.338 e. The third kappa shape index (κ3) is 7.35. The third-order valence-corrected chi connectivity index (χ3v) is 3.56. The van der Waals surface area contributed by atoms with Crippen molar-refractivity contribution in [3.8, 4) is 0 Å². The quantitative estimate of drug-likeness (QED) is 0.287. The molecule has 0 saturated carbocycles. The highest BCUT2D eigenvalue weighted by Crippen LogP contribution is 2.10. The lowest BCUT2D eigenvalue weighted by Gasteiger charge is -2.11. The molecule has 0 aliphatic carbocycles.